The molecule has 0 aromatic carbocycles. The van der Waals surface area contributed by atoms with Crippen LogP contribution in [0.3, 0.4) is 0 Å². The fourth-order valence-corrected chi connectivity index (χ4v) is 0.833. The van der Waals surface area contributed by atoms with E-state index in [4.69, 9.17) is 5.73 Å². The summed E-state index contributed by atoms with van der Waals surface area (Å²) in [6.07, 6.45) is 3.19. The molecule has 1 aromatic rings. The third-order valence-corrected chi connectivity index (χ3v) is 1.29. The van der Waals surface area contributed by atoms with Gasteiger partial charge >= 0.3 is 0 Å². The zero-order valence-electron chi connectivity index (χ0n) is 4.50. The Bertz CT molecular complexity index is 196. The van der Waals surface area contributed by atoms with Gasteiger partial charge in [0.2, 0.25) is 0 Å². The first-order chi connectivity index (χ1) is 4.29. The number of nitrogens with zero attached hydrogens (tertiary/aromatic N) is 1. The summed E-state index contributed by atoms with van der Waals surface area (Å²) in [5.41, 5.74) is 4.85. The summed E-state index contributed by atoms with van der Waals surface area (Å²) in [6, 6.07) is 0. The lowest BCUT2D eigenvalue weighted by atomic mass is 11.0. The first-order valence-corrected chi connectivity index (χ1v) is 3.07. The van der Waals surface area contributed by atoms with Gasteiger partial charge < -0.3 is 10.7 Å². The molecule has 0 atom stereocenters. The van der Waals surface area contributed by atoms with Crippen LogP contribution >= 0.6 is 11.8 Å². The monoisotopic (exact) mass is 143 g/mol. The molecule has 0 spiro atoms. The summed E-state index contributed by atoms with van der Waals surface area (Å²) in [5, 5.41) is 0.0763. The number of carbonyl (C=O) groups excluding carboxylic acids is 1. The highest BCUT2D eigenvalue weighted by Crippen LogP contribution is 2.09. The van der Waals surface area contributed by atoms with Gasteiger partial charge in [0.1, 0.15) is 0 Å². The Morgan fingerprint density at radius 3 is 3.11 bits per heavy atom. The maximum absolute atomic E-state index is 10.2. The molecule has 3 N–H and O–H groups in total. The summed E-state index contributed by atoms with van der Waals surface area (Å²) >= 11 is 0.877. The quantitative estimate of drug-likeness (QED) is 0.565. The Kier molecular flexibility index (Phi) is 1.74. The van der Waals surface area contributed by atoms with Crippen LogP contribution in [0.1, 0.15) is 0 Å². The van der Waals surface area contributed by atoms with E-state index in [9.17, 15) is 4.79 Å². The second-order valence-electron chi connectivity index (χ2n) is 1.32. The molecule has 0 fully saturated rings. The topological polar surface area (TPSA) is 71.8 Å². The van der Waals surface area contributed by atoms with Gasteiger partial charge in [0.15, 0.2) is 5.16 Å². The second-order valence-corrected chi connectivity index (χ2v) is 2.31. The summed E-state index contributed by atoms with van der Waals surface area (Å²) < 4.78 is 0. The molecular formula is C4H5N3OS. The number of amides is 1. The Morgan fingerprint density at radius 2 is 2.67 bits per heavy atom. The standard InChI is InChI=1S/C4H5N3OS/c5-3(8)9-4-6-1-2-7-4/h1-2H,(H2,5,8)(H,6,7). The molecule has 0 radical (unpaired) electrons. The van der Waals surface area contributed by atoms with Crippen molar-refractivity contribution in [1.82, 2.24) is 9.97 Å². The number of nitrogens with two attached hydrogens (primary N) is 1. The molecule has 0 aliphatic heterocycles. The first kappa shape index (κ1) is 6.15. The SMILES string of the molecule is NC(=O)Sc1ncc[nH]1. The van der Waals surface area contributed by atoms with E-state index in [1.807, 2.05) is 0 Å². The Hall–Kier alpha value is -0.970. The molecule has 0 saturated carbocycles. The number of hydrogen-bond donors (Lipinski definition) is 2. The molecule has 0 saturated heterocycles. The van der Waals surface area contributed by atoms with E-state index in [0.29, 0.717) is 5.16 Å². The van der Waals surface area contributed by atoms with Crippen LogP contribution in [0.5, 0.6) is 0 Å². The molecule has 0 aliphatic rings. The molecule has 1 aromatic heterocycles. The molecule has 1 rings (SSSR count). The van der Waals surface area contributed by atoms with Gasteiger partial charge in [-0.3, -0.25) is 4.79 Å². The summed E-state index contributed by atoms with van der Waals surface area (Å²) in [4.78, 5) is 16.7. The molecule has 1 heterocycles. The molecule has 5 heteroatoms. The van der Waals surface area contributed by atoms with E-state index < -0.39 is 5.24 Å². The molecular weight excluding hydrogens is 138 g/mol. The summed E-state index contributed by atoms with van der Waals surface area (Å²) in [5.74, 6) is 0. The predicted molar refractivity (Wildman–Crippen MR) is 34.0 cm³/mol. The molecule has 1 amide bonds. The van der Waals surface area contributed by atoms with Crippen molar-refractivity contribution in [2.24, 2.45) is 5.73 Å². The van der Waals surface area contributed by atoms with E-state index >= 15 is 0 Å². The van der Waals surface area contributed by atoms with Crippen LogP contribution in [0.25, 0.3) is 0 Å². The highest BCUT2D eigenvalue weighted by atomic mass is 32.2. The van der Waals surface area contributed by atoms with Crippen LogP contribution in [-0.2, 0) is 0 Å². The summed E-state index contributed by atoms with van der Waals surface area (Å²) in [6.45, 7) is 0. The molecule has 0 bridgehead atoms. The van der Waals surface area contributed by atoms with Crippen LogP contribution < -0.4 is 5.73 Å². The van der Waals surface area contributed by atoms with Crippen molar-refractivity contribution in [2.75, 3.05) is 0 Å². The van der Waals surface area contributed by atoms with Crippen LogP contribution in [0.15, 0.2) is 17.6 Å². The lowest BCUT2D eigenvalue weighted by Crippen LogP contribution is -2.01. The number of hydrogen-bond acceptors (Lipinski definition) is 3. The van der Waals surface area contributed by atoms with Crippen molar-refractivity contribution in [1.29, 1.82) is 0 Å². The van der Waals surface area contributed by atoms with Gasteiger partial charge in [-0.15, -0.1) is 0 Å². The van der Waals surface area contributed by atoms with Crippen molar-refractivity contribution >= 4 is 17.0 Å². The van der Waals surface area contributed by atoms with Crippen molar-refractivity contribution in [3.8, 4) is 0 Å². The number of primary amides is 1. The van der Waals surface area contributed by atoms with Gasteiger partial charge in [0.25, 0.3) is 5.24 Å². The number of H-pyrrole nitrogens is 1. The number of carbonyl (C=O) groups is 1. The largest absolute Gasteiger partial charge is 0.360 e. The normalized spacial score (nSPS) is 9.33. The van der Waals surface area contributed by atoms with E-state index in [1.54, 1.807) is 12.4 Å². The average molecular weight is 143 g/mol. The average Bonchev–Trinajstić information content (AvgIpc) is 2.15. The van der Waals surface area contributed by atoms with Crippen molar-refractivity contribution in [2.45, 2.75) is 5.16 Å². The third kappa shape index (κ3) is 1.77. The fraction of sp³-hybridized carbons (Fsp3) is 0. The number of nitrogens with one attached hydrogen (secondary N) is 1. The van der Waals surface area contributed by atoms with Gasteiger partial charge in [0, 0.05) is 24.2 Å². The van der Waals surface area contributed by atoms with E-state index in [1.165, 1.54) is 0 Å². The van der Waals surface area contributed by atoms with Crippen LogP contribution in [-0.4, -0.2) is 15.2 Å². The van der Waals surface area contributed by atoms with Crippen molar-refractivity contribution in [3.63, 3.8) is 0 Å². The number of aromatic amines is 1. The van der Waals surface area contributed by atoms with Crippen LogP contribution in [0.4, 0.5) is 4.79 Å². The molecule has 48 valence electrons. The van der Waals surface area contributed by atoms with Crippen LogP contribution in [0, 0.1) is 0 Å². The minimum absolute atomic E-state index is 0.454. The Morgan fingerprint density at radius 1 is 1.89 bits per heavy atom. The number of thioether (sulfide) groups is 1. The highest BCUT2D eigenvalue weighted by molar-refractivity contribution is 8.13. The maximum Gasteiger partial charge on any atom is 0.284 e. The first-order valence-electron chi connectivity index (χ1n) is 2.25. The van der Waals surface area contributed by atoms with Gasteiger partial charge in [-0.1, -0.05) is 0 Å². The minimum atomic E-state index is -0.454. The smallest absolute Gasteiger partial charge is 0.284 e. The van der Waals surface area contributed by atoms with E-state index in [-0.39, 0.29) is 0 Å². The summed E-state index contributed by atoms with van der Waals surface area (Å²) in [7, 11) is 0. The van der Waals surface area contributed by atoms with Gasteiger partial charge in [0.05, 0.1) is 0 Å². The number of imidazole rings is 1. The lowest BCUT2D eigenvalue weighted by molar-refractivity contribution is 0.267. The van der Waals surface area contributed by atoms with Gasteiger partial charge in [-0.05, 0) is 0 Å². The van der Waals surface area contributed by atoms with E-state index in [0.717, 1.165) is 11.8 Å². The zero-order chi connectivity index (χ0) is 6.69. The number of rotatable bonds is 1. The second kappa shape index (κ2) is 2.54. The minimum Gasteiger partial charge on any atom is -0.360 e. The van der Waals surface area contributed by atoms with Crippen molar-refractivity contribution in [3.05, 3.63) is 12.4 Å². The van der Waals surface area contributed by atoms with Gasteiger partial charge in [-0.2, -0.15) is 0 Å². The fourth-order valence-electron chi connectivity index (χ4n) is 0.402. The van der Waals surface area contributed by atoms with Crippen molar-refractivity contribution < 1.29 is 4.79 Å². The number of aromatic nitrogens is 2. The van der Waals surface area contributed by atoms with Gasteiger partial charge in [-0.25, -0.2) is 4.98 Å². The molecule has 4 nitrogen and oxygen atoms in total. The molecule has 0 aliphatic carbocycles. The lowest BCUT2D eigenvalue weighted by Gasteiger charge is -1.85. The Labute approximate surface area is 55.8 Å². The third-order valence-electron chi connectivity index (χ3n) is 0.670. The van der Waals surface area contributed by atoms with E-state index in [2.05, 4.69) is 9.97 Å². The maximum atomic E-state index is 10.2. The predicted octanol–water partition coefficient (Wildman–Crippen LogP) is 0.581. The Balaban J connectivity index is 2.58. The van der Waals surface area contributed by atoms with Crippen LogP contribution in [0.2, 0.25) is 0 Å². The highest BCUT2D eigenvalue weighted by Gasteiger charge is 1.98. The zero-order valence-corrected chi connectivity index (χ0v) is 5.31. The molecule has 9 heavy (non-hydrogen) atoms. The molecule has 0 unspecified atom stereocenters.